The number of carbonyl (C=O) groups is 1. The molecule has 0 saturated carbocycles. The number of hydrogen-bond donors (Lipinski definition) is 0. The average Bonchev–Trinajstić information content (AvgIpc) is 2.55. The van der Waals surface area contributed by atoms with Crippen LogP contribution in [0.2, 0.25) is 0 Å². The lowest BCUT2D eigenvalue weighted by Crippen LogP contribution is -2.67. The van der Waals surface area contributed by atoms with E-state index >= 15 is 0 Å². The number of amides is 1. The van der Waals surface area contributed by atoms with E-state index in [-0.39, 0.29) is 11.6 Å². The van der Waals surface area contributed by atoms with E-state index in [0.29, 0.717) is 10.7 Å². The minimum Gasteiger partial charge on any atom is -0.273 e. The summed E-state index contributed by atoms with van der Waals surface area (Å²) < 4.78 is 0. The molecule has 0 aliphatic carbocycles. The van der Waals surface area contributed by atoms with Crippen molar-refractivity contribution in [1.82, 2.24) is 0 Å². The van der Waals surface area contributed by atoms with Crippen molar-refractivity contribution in [3.8, 4) is 0 Å². The number of nitrogens with zero attached hydrogens (tertiary/aromatic N) is 2. The number of nitro benzene ring substituents is 1. The number of benzene rings is 2. The van der Waals surface area contributed by atoms with Crippen LogP contribution in [0.5, 0.6) is 0 Å². The van der Waals surface area contributed by atoms with Crippen LogP contribution in [0.15, 0.2) is 54.6 Å². The molecule has 0 spiro atoms. The summed E-state index contributed by atoms with van der Waals surface area (Å²) in [5.74, 6) is -0.127. The fourth-order valence-electron chi connectivity index (χ4n) is 2.55. The summed E-state index contributed by atoms with van der Waals surface area (Å²) in [7, 11) is 0. The summed E-state index contributed by atoms with van der Waals surface area (Å²) in [6, 6.07) is 15.2. The molecule has 0 aromatic heterocycles. The molecule has 5 nitrogen and oxygen atoms in total. The molecule has 1 amide bonds. The van der Waals surface area contributed by atoms with Crippen molar-refractivity contribution < 1.29 is 9.72 Å². The summed E-state index contributed by atoms with van der Waals surface area (Å²) >= 11 is 5.44. The van der Waals surface area contributed by atoms with Gasteiger partial charge in [-0.2, -0.15) is 0 Å². The number of hydrogen-bond acceptors (Lipinski definition) is 4. The molecule has 2 aromatic carbocycles. The van der Waals surface area contributed by atoms with Crippen LogP contribution >= 0.6 is 12.2 Å². The predicted molar refractivity (Wildman–Crippen MR) is 87.0 cm³/mol. The number of nitro groups is 1. The van der Waals surface area contributed by atoms with Gasteiger partial charge in [-0.25, -0.2) is 0 Å². The van der Waals surface area contributed by atoms with E-state index in [2.05, 4.69) is 0 Å². The molecule has 0 radical (unpaired) electrons. The van der Waals surface area contributed by atoms with Crippen LogP contribution in [-0.4, -0.2) is 15.8 Å². The zero-order chi connectivity index (χ0) is 15.9. The third-order valence-corrected chi connectivity index (χ3v) is 4.52. The third kappa shape index (κ3) is 1.92. The van der Waals surface area contributed by atoms with E-state index in [1.54, 1.807) is 6.92 Å². The quantitative estimate of drug-likeness (QED) is 0.378. The Morgan fingerprint density at radius 3 is 2.18 bits per heavy atom. The Morgan fingerprint density at radius 2 is 1.68 bits per heavy atom. The topological polar surface area (TPSA) is 63.5 Å². The lowest BCUT2D eigenvalue weighted by Gasteiger charge is -2.47. The van der Waals surface area contributed by atoms with Crippen molar-refractivity contribution in [1.29, 1.82) is 0 Å². The second-order valence-corrected chi connectivity index (χ2v) is 5.60. The molecular weight excluding hydrogens is 300 g/mol. The van der Waals surface area contributed by atoms with E-state index < -0.39 is 10.3 Å². The van der Waals surface area contributed by atoms with Gasteiger partial charge in [0, 0.05) is 17.8 Å². The first-order valence-corrected chi connectivity index (χ1v) is 7.06. The van der Waals surface area contributed by atoms with Crippen LogP contribution < -0.4 is 4.90 Å². The second-order valence-electron chi connectivity index (χ2n) is 5.21. The van der Waals surface area contributed by atoms with Crippen molar-refractivity contribution in [2.45, 2.75) is 12.3 Å². The predicted octanol–water partition coefficient (Wildman–Crippen LogP) is 3.23. The highest BCUT2D eigenvalue weighted by Gasteiger charge is 2.55. The number of anilines is 1. The third-order valence-electron chi connectivity index (χ3n) is 3.93. The van der Waals surface area contributed by atoms with E-state index in [9.17, 15) is 14.9 Å². The van der Waals surface area contributed by atoms with Crippen LogP contribution in [0, 0.1) is 10.1 Å². The molecule has 2 aromatic rings. The van der Waals surface area contributed by atoms with Crippen molar-refractivity contribution >= 4 is 34.5 Å². The number of thiocarbonyl (C=S) groups is 1. The fourth-order valence-corrected chi connectivity index (χ4v) is 2.95. The Morgan fingerprint density at radius 1 is 1.09 bits per heavy atom. The van der Waals surface area contributed by atoms with Gasteiger partial charge in [-0.05, 0) is 24.6 Å². The number of carbonyl (C=O) groups excluding carboxylic acids is 1. The molecule has 0 bridgehead atoms. The molecule has 1 aliphatic rings. The maximum atomic E-state index is 12.6. The average molecular weight is 312 g/mol. The van der Waals surface area contributed by atoms with Gasteiger partial charge in [0.05, 0.1) is 4.92 Å². The molecular formula is C16H12N2O3S. The molecule has 1 heterocycles. The fraction of sp³-hybridized carbons (Fsp3) is 0.125. The Kier molecular flexibility index (Phi) is 3.26. The summed E-state index contributed by atoms with van der Waals surface area (Å²) in [5, 5.41) is 10.7. The Balaban J connectivity index is 1.92. The Labute approximate surface area is 132 Å². The highest BCUT2D eigenvalue weighted by Crippen LogP contribution is 2.41. The van der Waals surface area contributed by atoms with E-state index in [4.69, 9.17) is 12.2 Å². The summed E-state index contributed by atoms with van der Waals surface area (Å²) in [5.41, 5.74) is 0.559. The first-order valence-electron chi connectivity index (χ1n) is 6.65. The normalized spacial score (nSPS) is 20.7. The highest BCUT2D eigenvalue weighted by molar-refractivity contribution is 7.81. The number of non-ortho nitro benzene ring substituents is 1. The molecule has 1 atom stereocenters. The minimum absolute atomic E-state index is 0.0199. The van der Waals surface area contributed by atoms with Crippen molar-refractivity contribution in [3.05, 3.63) is 70.3 Å². The standard InChI is InChI=1S/C16H12N2O3S/c1-16(11-5-3-2-4-6-11)14(19)17(15(16)22)12-7-9-13(10-8-12)18(20)21/h2-10H,1H3/t16-/m1/s1. The van der Waals surface area contributed by atoms with Gasteiger partial charge in [0.15, 0.2) is 0 Å². The lowest BCUT2D eigenvalue weighted by atomic mass is 9.74. The number of rotatable bonds is 3. The molecule has 110 valence electrons. The first kappa shape index (κ1) is 14.3. The Hall–Kier alpha value is -2.60. The number of β-lactam (4-membered cyclic amide) rings is 1. The van der Waals surface area contributed by atoms with Gasteiger partial charge in [-0.3, -0.25) is 19.8 Å². The van der Waals surface area contributed by atoms with Crippen LogP contribution in [0.25, 0.3) is 0 Å². The Bertz CT molecular complexity index is 756. The maximum absolute atomic E-state index is 12.6. The molecule has 1 aliphatic heterocycles. The monoisotopic (exact) mass is 312 g/mol. The van der Waals surface area contributed by atoms with Crippen LogP contribution in [0.4, 0.5) is 11.4 Å². The maximum Gasteiger partial charge on any atom is 0.269 e. The van der Waals surface area contributed by atoms with Crippen LogP contribution in [-0.2, 0) is 10.2 Å². The summed E-state index contributed by atoms with van der Waals surface area (Å²) in [6.45, 7) is 1.80. The zero-order valence-corrected chi connectivity index (χ0v) is 12.5. The van der Waals surface area contributed by atoms with Gasteiger partial charge in [-0.15, -0.1) is 0 Å². The zero-order valence-electron chi connectivity index (χ0n) is 11.7. The highest BCUT2D eigenvalue weighted by atomic mass is 32.1. The van der Waals surface area contributed by atoms with Crippen LogP contribution in [0.3, 0.4) is 0 Å². The molecule has 22 heavy (non-hydrogen) atoms. The van der Waals surface area contributed by atoms with Gasteiger partial charge in [0.1, 0.15) is 10.4 Å². The van der Waals surface area contributed by atoms with Gasteiger partial charge in [0.25, 0.3) is 5.69 Å². The summed E-state index contributed by atoms with van der Waals surface area (Å²) in [4.78, 5) is 24.7. The lowest BCUT2D eigenvalue weighted by molar-refractivity contribution is -0.384. The smallest absolute Gasteiger partial charge is 0.269 e. The molecule has 1 fully saturated rings. The van der Waals surface area contributed by atoms with Gasteiger partial charge in [0.2, 0.25) is 5.91 Å². The van der Waals surface area contributed by atoms with E-state index in [1.165, 1.54) is 29.2 Å². The largest absolute Gasteiger partial charge is 0.273 e. The molecule has 0 N–H and O–H groups in total. The van der Waals surface area contributed by atoms with Crippen molar-refractivity contribution in [2.24, 2.45) is 0 Å². The van der Waals surface area contributed by atoms with Gasteiger partial charge < -0.3 is 0 Å². The molecule has 0 unspecified atom stereocenters. The summed E-state index contributed by atoms with van der Waals surface area (Å²) in [6.07, 6.45) is 0. The molecule has 1 saturated heterocycles. The first-order chi connectivity index (χ1) is 10.5. The SMILES string of the molecule is C[C@@]1(c2ccccc2)C(=O)N(c2ccc([N+](=O)[O-])cc2)C1=S. The van der Waals surface area contributed by atoms with E-state index in [0.717, 1.165) is 5.56 Å². The molecule has 3 rings (SSSR count). The van der Waals surface area contributed by atoms with Gasteiger partial charge >= 0.3 is 0 Å². The second kappa shape index (κ2) is 4.99. The minimum atomic E-state index is -0.821. The van der Waals surface area contributed by atoms with Crippen molar-refractivity contribution in [2.75, 3.05) is 4.90 Å². The molecule has 6 heteroatoms. The van der Waals surface area contributed by atoms with Crippen molar-refractivity contribution in [3.63, 3.8) is 0 Å². The van der Waals surface area contributed by atoms with Crippen LogP contribution in [0.1, 0.15) is 12.5 Å². The van der Waals surface area contributed by atoms with E-state index in [1.807, 2.05) is 30.3 Å². The van der Waals surface area contributed by atoms with Gasteiger partial charge in [-0.1, -0.05) is 42.5 Å².